The van der Waals surface area contributed by atoms with Crippen molar-refractivity contribution >= 4 is 11.6 Å². The van der Waals surface area contributed by atoms with E-state index in [1.165, 1.54) is 0 Å². The van der Waals surface area contributed by atoms with Crippen LogP contribution >= 0.6 is 0 Å². The van der Waals surface area contributed by atoms with Crippen molar-refractivity contribution in [2.45, 2.75) is 32.9 Å². The van der Waals surface area contributed by atoms with Gasteiger partial charge in [0.25, 0.3) is 0 Å². The summed E-state index contributed by atoms with van der Waals surface area (Å²) in [7, 11) is 0. The molecule has 2 N–H and O–H groups in total. The van der Waals surface area contributed by atoms with Gasteiger partial charge in [0.05, 0.1) is 0 Å². The predicted molar refractivity (Wildman–Crippen MR) is 111 cm³/mol. The summed E-state index contributed by atoms with van der Waals surface area (Å²) in [5, 5.41) is 6.85. The molecule has 0 fully saturated rings. The Kier molecular flexibility index (Phi) is 5.28. The van der Waals surface area contributed by atoms with Crippen LogP contribution in [0.3, 0.4) is 0 Å². The summed E-state index contributed by atoms with van der Waals surface area (Å²) in [4.78, 5) is 9.40. The summed E-state index contributed by atoms with van der Waals surface area (Å²) in [6, 6.07) is 18.2. The van der Waals surface area contributed by atoms with E-state index in [4.69, 9.17) is 19.4 Å². The number of rotatable bonds is 7. The lowest BCUT2D eigenvalue weighted by molar-refractivity contribution is 0.174. The Morgan fingerprint density at radius 2 is 1.75 bits per heavy atom. The summed E-state index contributed by atoms with van der Waals surface area (Å²) in [5.74, 6) is 3.86. The fourth-order valence-corrected chi connectivity index (χ4v) is 2.93. The van der Waals surface area contributed by atoms with Gasteiger partial charge in [-0.2, -0.15) is 0 Å². The molecule has 4 rings (SSSR count). The molecule has 0 saturated carbocycles. The predicted octanol–water partition coefficient (Wildman–Crippen LogP) is 4.69. The molecule has 1 unspecified atom stereocenters. The number of aromatic nitrogens is 2. The fourth-order valence-electron chi connectivity index (χ4n) is 2.93. The van der Waals surface area contributed by atoms with Crippen LogP contribution in [0.15, 0.2) is 54.6 Å². The third kappa shape index (κ3) is 4.17. The van der Waals surface area contributed by atoms with Crippen molar-refractivity contribution in [2.75, 3.05) is 17.4 Å². The van der Waals surface area contributed by atoms with Crippen LogP contribution in [0.4, 0.5) is 11.6 Å². The van der Waals surface area contributed by atoms with Gasteiger partial charge in [0, 0.05) is 24.2 Å². The van der Waals surface area contributed by atoms with Gasteiger partial charge in [0.1, 0.15) is 11.6 Å². The van der Waals surface area contributed by atoms with Crippen molar-refractivity contribution in [3.63, 3.8) is 0 Å². The van der Waals surface area contributed by atoms with Crippen LogP contribution in [-0.4, -0.2) is 22.8 Å². The Balaban J connectivity index is 1.57. The Morgan fingerprint density at radius 1 is 0.964 bits per heavy atom. The molecule has 6 heteroatoms. The molecule has 28 heavy (non-hydrogen) atoms. The number of benzene rings is 2. The van der Waals surface area contributed by atoms with Gasteiger partial charge in [-0.05, 0) is 31.0 Å². The smallest absolute Gasteiger partial charge is 0.231 e. The number of hydrogen-bond acceptors (Lipinski definition) is 6. The molecule has 1 aliphatic heterocycles. The summed E-state index contributed by atoms with van der Waals surface area (Å²) >= 11 is 0. The van der Waals surface area contributed by atoms with Gasteiger partial charge >= 0.3 is 0 Å². The first-order valence-corrected chi connectivity index (χ1v) is 9.54. The summed E-state index contributed by atoms with van der Waals surface area (Å²) < 4.78 is 10.8. The number of ether oxygens (including phenoxy) is 2. The Labute approximate surface area is 164 Å². The van der Waals surface area contributed by atoms with E-state index in [0.717, 1.165) is 40.7 Å². The monoisotopic (exact) mass is 376 g/mol. The Morgan fingerprint density at radius 3 is 2.57 bits per heavy atom. The van der Waals surface area contributed by atoms with Crippen LogP contribution < -0.4 is 20.1 Å². The van der Waals surface area contributed by atoms with E-state index in [0.29, 0.717) is 18.4 Å². The SMILES string of the molecule is CCC(C)Nc1cc(NCc2ccc3c(c2)OCO3)nc(-c2ccccc2)n1. The number of hydrogen-bond donors (Lipinski definition) is 2. The van der Waals surface area contributed by atoms with Crippen molar-refractivity contribution < 1.29 is 9.47 Å². The van der Waals surface area contributed by atoms with Crippen LogP contribution in [0.25, 0.3) is 11.4 Å². The average Bonchev–Trinajstić information content (AvgIpc) is 3.20. The lowest BCUT2D eigenvalue weighted by Gasteiger charge is -2.15. The minimum atomic E-state index is 0.281. The first kappa shape index (κ1) is 18.1. The van der Waals surface area contributed by atoms with Gasteiger partial charge in [0.15, 0.2) is 17.3 Å². The number of fused-ring (bicyclic) bond motifs is 1. The van der Waals surface area contributed by atoms with Crippen molar-refractivity contribution in [3.8, 4) is 22.9 Å². The van der Waals surface area contributed by atoms with E-state index in [-0.39, 0.29) is 6.79 Å². The second-order valence-corrected chi connectivity index (χ2v) is 6.82. The van der Waals surface area contributed by atoms with E-state index in [1.807, 2.05) is 54.6 Å². The first-order valence-electron chi connectivity index (χ1n) is 9.54. The number of anilines is 2. The molecule has 0 aliphatic carbocycles. The van der Waals surface area contributed by atoms with Crippen LogP contribution in [0.1, 0.15) is 25.8 Å². The van der Waals surface area contributed by atoms with Crippen LogP contribution in [0.5, 0.6) is 11.5 Å². The molecule has 0 saturated heterocycles. The zero-order chi connectivity index (χ0) is 19.3. The normalized spacial score (nSPS) is 13.2. The van der Waals surface area contributed by atoms with Crippen molar-refractivity contribution in [2.24, 2.45) is 0 Å². The quantitative estimate of drug-likeness (QED) is 0.623. The summed E-state index contributed by atoms with van der Waals surface area (Å²) in [6.07, 6.45) is 1.02. The molecule has 144 valence electrons. The molecule has 2 aromatic carbocycles. The van der Waals surface area contributed by atoms with Gasteiger partial charge in [-0.15, -0.1) is 0 Å². The lowest BCUT2D eigenvalue weighted by atomic mass is 10.2. The van der Waals surface area contributed by atoms with Gasteiger partial charge in [-0.25, -0.2) is 9.97 Å². The van der Waals surface area contributed by atoms with Crippen molar-refractivity contribution in [1.82, 2.24) is 9.97 Å². The van der Waals surface area contributed by atoms with Gasteiger partial charge in [-0.1, -0.05) is 43.3 Å². The molecule has 6 nitrogen and oxygen atoms in total. The minimum absolute atomic E-state index is 0.281. The summed E-state index contributed by atoms with van der Waals surface area (Å²) in [6.45, 7) is 5.20. The number of nitrogens with zero attached hydrogens (tertiary/aromatic N) is 2. The molecule has 2 heterocycles. The molecular weight excluding hydrogens is 352 g/mol. The Hall–Kier alpha value is -3.28. The molecule has 0 radical (unpaired) electrons. The molecule has 3 aromatic rings. The van der Waals surface area contributed by atoms with Crippen molar-refractivity contribution in [1.29, 1.82) is 0 Å². The van der Waals surface area contributed by atoms with E-state index >= 15 is 0 Å². The molecule has 1 atom stereocenters. The van der Waals surface area contributed by atoms with Gasteiger partial charge in [-0.3, -0.25) is 0 Å². The lowest BCUT2D eigenvalue weighted by Crippen LogP contribution is -2.15. The summed E-state index contributed by atoms with van der Waals surface area (Å²) in [5.41, 5.74) is 2.09. The number of nitrogens with one attached hydrogen (secondary N) is 2. The van der Waals surface area contributed by atoms with E-state index in [2.05, 4.69) is 24.5 Å². The topological polar surface area (TPSA) is 68.3 Å². The zero-order valence-corrected chi connectivity index (χ0v) is 16.1. The van der Waals surface area contributed by atoms with Crippen LogP contribution in [0, 0.1) is 0 Å². The van der Waals surface area contributed by atoms with Gasteiger partial charge in [0.2, 0.25) is 6.79 Å². The highest BCUT2D eigenvalue weighted by Crippen LogP contribution is 2.32. The molecule has 1 aliphatic rings. The van der Waals surface area contributed by atoms with Crippen LogP contribution in [0.2, 0.25) is 0 Å². The maximum absolute atomic E-state index is 5.46. The highest BCUT2D eigenvalue weighted by Gasteiger charge is 2.13. The van der Waals surface area contributed by atoms with E-state index < -0.39 is 0 Å². The highest BCUT2D eigenvalue weighted by molar-refractivity contribution is 5.61. The Bertz CT molecular complexity index is 947. The largest absolute Gasteiger partial charge is 0.454 e. The fraction of sp³-hybridized carbons (Fsp3) is 0.273. The first-order chi connectivity index (χ1) is 13.7. The van der Waals surface area contributed by atoms with Gasteiger partial charge < -0.3 is 20.1 Å². The van der Waals surface area contributed by atoms with E-state index in [9.17, 15) is 0 Å². The maximum atomic E-state index is 5.46. The molecule has 1 aromatic heterocycles. The average molecular weight is 376 g/mol. The van der Waals surface area contributed by atoms with Crippen LogP contribution in [-0.2, 0) is 6.54 Å². The highest BCUT2D eigenvalue weighted by atomic mass is 16.7. The third-order valence-electron chi connectivity index (χ3n) is 4.68. The van der Waals surface area contributed by atoms with Crippen molar-refractivity contribution in [3.05, 3.63) is 60.2 Å². The second-order valence-electron chi connectivity index (χ2n) is 6.82. The zero-order valence-electron chi connectivity index (χ0n) is 16.1. The molecule has 0 amide bonds. The maximum Gasteiger partial charge on any atom is 0.231 e. The second kappa shape index (κ2) is 8.17. The molecule has 0 spiro atoms. The third-order valence-corrected chi connectivity index (χ3v) is 4.68. The molecular formula is C22H24N4O2. The van der Waals surface area contributed by atoms with E-state index in [1.54, 1.807) is 0 Å². The minimum Gasteiger partial charge on any atom is -0.454 e. The standard InChI is InChI=1S/C22H24N4O2/c1-3-15(2)24-21-12-20(25-22(26-21)17-7-5-4-6-8-17)23-13-16-9-10-18-19(11-16)28-14-27-18/h4-12,15H,3,13-14H2,1-2H3,(H2,23,24,25,26). The molecule has 0 bridgehead atoms.